The highest BCUT2D eigenvalue weighted by Crippen LogP contribution is 2.27. The summed E-state index contributed by atoms with van der Waals surface area (Å²) in [6.07, 6.45) is 0. The van der Waals surface area contributed by atoms with E-state index in [9.17, 15) is 9.59 Å². The standard InChI is InChI=1S/C22H26ClNO4/c1-14-6-7-18(15(2)8-14)11-24(5)20(25)12-27-21(26)13-28-22-16(3)9-19(23)10-17(22)4/h6-10H,11-13H2,1-5H3. The third-order valence-electron chi connectivity index (χ3n) is 4.45. The van der Waals surface area contributed by atoms with Gasteiger partial charge in [-0.3, -0.25) is 4.79 Å². The average Bonchev–Trinajstić information content (AvgIpc) is 2.61. The van der Waals surface area contributed by atoms with Crippen molar-refractivity contribution in [2.45, 2.75) is 34.2 Å². The van der Waals surface area contributed by atoms with Crippen molar-refractivity contribution in [1.29, 1.82) is 0 Å². The molecule has 0 aliphatic heterocycles. The van der Waals surface area contributed by atoms with Gasteiger partial charge in [-0.25, -0.2) is 4.79 Å². The van der Waals surface area contributed by atoms with E-state index in [0.717, 1.165) is 22.3 Å². The Morgan fingerprint density at radius 3 is 2.21 bits per heavy atom. The summed E-state index contributed by atoms with van der Waals surface area (Å²) in [4.78, 5) is 25.7. The Balaban J connectivity index is 1.82. The van der Waals surface area contributed by atoms with Crippen LogP contribution in [0.2, 0.25) is 5.02 Å². The molecule has 150 valence electrons. The smallest absolute Gasteiger partial charge is 0.344 e. The van der Waals surface area contributed by atoms with Crippen molar-refractivity contribution in [2.75, 3.05) is 20.3 Å². The zero-order chi connectivity index (χ0) is 20.8. The fourth-order valence-electron chi connectivity index (χ4n) is 2.92. The molecule has 0 unspecified atom stereocenters. The Hall–Kier alpha value is -2.53. The van der Waals surface area contributed by atoms with Gasteiger partial charge >= 0.3 is 5.97 Å². The predicted molar refractivity (Wildman–Crippen MR) is 110 cm³/mol. The van der Waals surface area contributed by atoms with E-state index in [0.29, 0.717) is 17.3 Å². The average molecular weight is 404 g/mol. The van der Waals surface area contributed by atoms with Crippen molar-refractivity contribution < 1.29 is 19.1 Å². The number of esters is 1. The van der Waals surface area contributed by atoms with Crippen molar-refractivity contribution in [3.05, 3.63) is 63.2 Å². The molecular formula is C22H26ClNO4. The lowest BCUT2D eigenvalue weighted by Crippen LogP contribution is -2.31. The molecule has 0 spiro atoms. The Morgan fingerprint density at radius 1 is 0.964 bits per heavy atom. The van der Waals surface area contributed by atoms with E-state index in [1.54, 1.807) is 24.1 Å². The summed E-state index contributed by atoms with van der Waals surface area (Å²) in [7, 11) is 1.69. The molecule has 0 aliphatic carbocycles. The van der Waals surface area contributed by atoms with Crippen LogP contribution in [0, 0.1) is 27.7 Å². The van der Waals surface area contributed by atoms with Crippen LogP contribution in [0.5, 0.6) is 5.75 Å². The van der Waals surface area contributed by atoms with Crippen LogP contribution in [0.4, 0.5) is 0 Å². The maximum atomic E-state index is 12.2. The molecule has 0 saturated heterocycles. The van der Waals surface area contributed by atoms with Gasteiger partial charge in [0.05, 0.1) is 0 Å². The quantitative estimate of drug-likeness (QED) is 0.651. The van der Waals surface area contributed by atoms with Gasteiger partial charge in [-0.2, -0.15) is 0 Å². The number of amides is 1. The molecule has 2 aromatic carbocycles. The van der Waals surface area contributed by atoms with Crippen LogP contribution < -0.4 is 4.74 Å². The summed E-state index contributed by atoms with van der Waals surface area (Å²) >= 11 is 5.99. The number of ether oxygens (including phenoxy) is 2. The van der Waals surface area contributed by atoms with Gasteiger partial charge in [-0.15, -0.1) is 0 Å². The zero-order valence-electron chi connectivity index (χ0n) is 17.0. The van der Waals surface area contributed by atoms with E-state index in [2.05, 4.69) is 6.07 Å². The molecule has 2 aromatic rings. The maximum Gasteiger partial charge on any atom is 0.344 e. The Kier molecular flexibility index (Phi) is 7.46. The highest BCUT2D eigenvalue weighted by atomic mass is 35.5. The first-order chi connectivity index (χ1) is 13.2. The number of hydrogen-bond acceptors (Lipinski definition) is 4. The number of rotatable bonds is 7. The molecular weight excluding hydrogens is 378 g/mol. The van der Waals surface area contributed by atoms with E-state index in [1.807, 2.05) is 39.8 Å². The van der Waals surface area contributed by atoms with Crippen LogP contribution in [0.1, 0.15) is 27.8 Å². The molecule has 5 nitrogen and oxygen atoms in total. The van der Waals surface area contributed by atoms with Crippen molar-refractivity contribution >= 4 is 23.5 Å². The highest BCUT2D eigenvalue weighted by Gasteiger charge is 2.15. The summed E-state index contributed by atoms with van der Waals surface area (Å²) in [5, 5.41) is 0.613. The van der Waals surface area contributed by atoms with Gasteiger partial charge in [0.15, 0.2) is 13.2 Å². The first kappa shape index (κ1) is 21.8. The van der Waals surface area contributed by atoms with E-state index >= 15 is 0 Å². The molecule has 0 fully saturated rings. The number of likely N-dealkylation sites (N-methyl/N-ethyl adjacent to an activating group) is 1. The minimum atomic E-state index is -0.595. The minimum Gasteiger partial charge on any atom is -0.481 e. The van der Waals surface area contributed by atoms with Gasteiger partial charge in [0, 0.05) is 18.6 Å². The molecule has 1 amide bonds. The lowest BCUT2D eigenvalue weighted by molar-refractivity contribution is -0.153. The van der Waals surface area contributed by atoms with Crippen LogP contribution in [-0.4, -0.2) is 37.0 Å². The summed E-state index contributed by atoms with van der Waals surface area (Å²) < 4.78 is 10.6. The van der Waals surface area contributed by atoms with Crippen LogP contribution in [0.3, 0.4) is 0 Å². The second-order valence-corrected chi connectivity index (χ2v) is 7.43. The van der Waals surface area contributed by atoms with Gasteiger partial charge in [-0.05, 0) is 62.1 Å². The molecule has 2 rings (SSSR count). The van der Waals surface area contributed by atoms with Gasteiger partial charge in [-0.1, -0.05) is 35.4 Å². The van der Waals surface area contributed by atoms with Crippen molar-refractivity contribution in [1.82, 2.24) is 4.90 Å². The van der Waals surface area contributed by atoms with E-state index in [1.165, 1.54) is 5.56 Å². The molecule has 0 radical (unpaired) electrons. The summed E-state index contributed by atoms with van der Waals surface area (Å²) in [6, 6.07) is 9.62. The van der Waals surface area contributed by atoms with Gasteiger partial charge in [0.1, 0.15) is 5.75 Å². The number of carbonyl (C=O) groups is 2. The lowest BCUT2D eigenvalue weighted by atomic mass is 10.1. The Bertz CT molecular complexity index is 856. The van der Waals surface area contributed by atoms with Crippen LogP contribution in [0.25, 0.3) is 0 Å². The van der Waals surface area contributed by atoms with Crippen LogP contribution in [-0.2, 0) is 20.9 Å². The Morgan fingerprint density at radius 2 is 1.61 bits per heavy atom. The number of nitrogens with zero attached hydrogens (tertiary/aromatic N) is 1. The molecule has 0 N–H and O–H groups in total. The van der Waals surface area contributed by atoms with E-state index in [4.69, 9.17) is 21.1 Å². The van der Waals surface area contributed by atoms with Crippen molar-refractivity contribution in [3.8, 4) is 5.75 Å². The number of hydrogen-bond donors (Lipinski definition) is 0. The van der Waals surface area contributed by atoms with E-state index < -0.39 is 5.97 Å². The van der Waals surface area contributed by atoms with Crippen LogP contribution >= 0.6 is 11.6 Å². The second-order valence-electron chi connectivity index (χ2n) is 7.00. The number of benzene rings is 2. The van der Waals surface area contributed by atoms with E-state index in [-0.39, 0.29) is 19.1 Å². The first-order valence-corrected chi connectivity index (χ1v) is 9.40. The normalized spacial score (nSPS) is 10.5. The van der Waals surface area contributed by atoms with Crippen molar-refractivity contribution in [3.63, 3.8) is 0 Å². The molecule has 6 heteroatoms. The second kappa shape index (κ2) is 9.60. The molecule has 0 bridgehead atoms. The molecule has 0 aliphatic rings. The molecule has 0 aromatic heterocycles. The summed E-state index contributed by atoms with van der Waals surface area (Å²) in [5.74, 6) is -0.270. The summed E-state index contributed by atoms with van der Waals surface area (Å²) in [6.45, 7) is 7.62. The molecule has 0 heterocycles. The molecule has 0 saturated carbocycles. The lowest BCUT2D eigenvalue weighted by Gasteiger charge is -2.19. The minimum absolute atomic E-state index is 0.266. The van der Waals surface area contributed by atoms with Crippen molar-refractivity contribution in [2.24, 2.45) is 0 Å². The zero-order valence-corrected chi connectivity index (χ0v) is 17.7. The summed E-state index contributed by atoms with van der Waals surface area (Å²) in [5.41, 5.74) is 5.03. The third kappa shape index (κ3) is 5.99. The number of halogens is 1. The fraction of sp³-hybridized carbons (Fsp3) is 0.364. The number of aryl methyl sites for hydroxylation is 4. The first-order valence-electron chi connectivity index (χ1n) is 9.02. The number of carbonyl (C=O) groups excluding carboxylic acids is 2. The molecule has 28 heavy (non-hydrogen) atoms. The Labute approximate surface area is 171 Å². The maximum absolute atomic E-state index is 12.2. The predicted octanol–water partition coefficient (Wildman–Crippen LogP) is 4.15. The highest BCUT2D eigenvalue weighted by molar-refractivity contribution is 6.30. The van der Waals surface area contributed by atoms with Crippen LogP contribution in [0.15, 0.2) is 30.3 Å². The fourth-order valence-corrected chi connectivity index (χ4v) is 3.24. The van der Waals surface area contributed by atoms with Gasteiger partial charge in [0.2, 0.25) is 0 Å². The van der Waals surface area contributed by atoms with Gasteiger partial charge in [0.25, 0.3) is 5.91 Å². The largest absolute Gasteiger partial charge is 0.481 e. The van der Waals surface area contributed by atoms with Gasteiger partial charge < -0.3 is 14.4 Å². The SMILES string of the molecule is Cc1ccc(CN(C)C(=O)COC(=O)COc2c(C)cc(Cl)cc2C)c(C)c1. The topological polar surface area (TPSA) is 55.8 Å². The third-order valence-corrected chi connectivity index (χ3v) is 4.67. The molecule has 0 atom stereocenters. The monoisotopic (exact) mass is 403 g/mol.